The summed E-state index contributed by atoms with van der Waals surface area (Å²) in [7, 11) is 0. The molecule has 0 saturated heterocycles. The van der Waals surface area contributed by atoms with Crippen LogP contribution in [0, 0.1) is 0 Å². The van der Waals surface area contributed by atoms with E-state index in [1.807, 2.05) is 0 Å². The van der Waals surface area contributed by atoms with Crippen molar-refractivity contribution in [1.29, 1.82) is 0 Å². The van der Waals surface area contributed by atoms with Crippen molar-refractivity contribution >= 4 is 6.08 Å². The predicted octanol–water partition coefficient (Wildman–Crippen LogP) is 4.47. The third-order valence-electron chi connectivity index (χ3n) is 2.24. The SMILES string of the molecule is C=Cc1ccc(C(C)C)c(C(F)(F)F)c1. The molecule has 0 fully saturated rings. The van der Waals surface area contributed by atoms with E-state index in [0.717, 1.165) is 6.07 Å². The lowest BCUT2D eigenvalue weighted by Crippen LogP contribution is -2.10. The van der Waals surface area contributed by atoms with E-state index in [1.54, 1.807) is 19.9 Å². The fourth-order valence-electron chi connectivity index (χ4n) is 1.45. The molecular formula is C12H13F3. The van der Waals surface area contributed by atoms with Gasteiger partial charge in [0.15, 0.2) is 0 Å². The summed E-state index contributed by atoms with van der Waals surface area (Å²) in [4.78, 5) is 0. The maximum Gasteiger partial charge on any atom is 0.416 e. The van der Waals surface area contributed by atoms with Gasteiger partial charge in [0, 0.05) is 0 Å². The molecule has 0 atom stereocenters. The van der Waals surface area contributed by atoms with E-state index >= 15 is 0 Å². The van der Waals surface area contributed by atoms with E-state index < -0.39 is 11.7 Å². The van der Waals surface area contributed by atoms with E-state index in [1.165, 1.54) is 12.1 Å². The maximum atomic E-state index is 12.7. The molecule has 0 heterocycles. The standard InChI is InChI=1S/C12H13F3/c1-4-9-5-6-10(8(2)3)11(7-9)12(13,14)15/h4-8H,1H2,2-3H3. The van der Waals surface area contributed by atoms with Crippen LogP contribution >= 0.6 is 0 Å². The minimum atomic E-state index is -4.29. The molecule has 0 N–H and O–H groups in total. The Kier molecular flexibility index (Phi) is 3.22. The predicted molar refractivity (Wildman–Crippen MR) is 55.6 cm³/mol. The molecule has 0 saturated carbocycles. The Hall–Kier alpha value is -1.25. The third kappa shape index (κ3) is 2.61. The van der Waals surface area contributed by atoms with Gasteiger partial charge in [0.2, 0.25) is 0 Å². The number of rotatable bonds is 2. The van der Waals surface area contributed by atoms with Crippen molar-refractivity contribution in [3.63, 3.8) is 0 Å². The maximum absolute atomic E-state index is 12.7. The van der Waals surface area contributed by atoms with Gasteiger partial charge in [-0.2, -0.15) is 13.2 Å². The number of benzene rings is 1. The second kappa shape index (κ2) is 4.09. The summed E-state index contributed by atoms with van der Waals surface area (Å²) in [5, 5.41) is 0. The Balaban J connectivity index is 3.35. The van der Waals surface area contributed by atoms with Crippen LogP contribution in [0.25, 0.3) is 6.08 Å². The molecule has 15 heavy (non-hydrogen) atoms. The van der Waals surface area contributed by atoms with Crippen LogP contribution in [0.3, 0.4) is 0 Å². The topological polar surface area (TPSA) is 0 Å². The fraction of sp³-hybridized carbons (Fsp3) is 0.333. The lowest BCUT2D eigenvalue weighted by molar-refractivity contribution is -0.138. The average molecular weight is 214 g/mol. The number of hydrogen-bond acceptors (Lipinski definition) is 0. The normalized spacial score (nSPS) is 11.9. The van der Waals surface area contributed by atoms with Gasteiger partial charge >= 0.3 is 6.18 Å². The van der Waals surface area contributed by atoms with Gasteiger partial charge in [-0.15, -0.1) is 0 Å². The van der Waals surface area contributed by atoms with Gasteiger partial charge in [-0.3, -0.25) is 0 Å². The van der Waals surface area contributed by atoms with Crippen LogP contribution in [0.4, 0.5) is 13.2 Å². The molecule has 0 bridgehead atoms. The van der Waals surface area contributed by atoms with E-state index in [-0.39, 0.29) is 5.92 Å². The molecule has 0 unspecified atom stereocenters. The van der Waals surface area contributed by atoms with Crippen molar-refractivity contribution < 1.29 is 13.2 Å². The molecule has 82 valence electrons. The van der Waals surface area contributed by atoms with Crippen LogP contribution < -0.4 is 0 Å². The molecule has 0 nitrogen and oxygen atoms in total. The smallest absolute Gasteiger partial charge is 0.166 e. The van der Waals surface area contributed by atoms with Crippen molar-refractivity contribution in [2.75, 3.05) is 0 Å². The lowest BCUT2D eigenvalue weighted by atomic mass is 9.95. The number of halogens is 3. The first-order valence-corrected chi connectivity index (χ1v) is 4.70. The van der Waals surface area contributed by atoms with Gasteiger partial charge in [0.05, 0.1) is 5.56 Å². The summed E-state index contributed by atoms with van der Waals surface area (Å²) in [5.74, 6) is -0.138. The first-order valence-electron chi connectivity index (χ1n) is 4.70. The van der Waals surface area contributed by atoms with E-state index in [0.29, 0.717) is 11.1 Å². The Labute approximate surface area is 87.4 Å². The van der Waals surface area contributed by atoms with Gasteiger partial charge in [-0.25, -0.2) is 0 Å². The van der Waals surface area contributed by atoms with Crippen LogP contribution in [0.15, 0.2) is 24.8 Å². The third-order valence-corrected chi connectivity index (χ3v) is 2.24. The molecule has 1 aromatic rings. The van der Waals surface area contributed by atoms with Gasteiger partial charge < -0.3 is 0 Å². The molecule has 1 rings (SSSR count). The van der Waals surface area contributed by atoms with Crippen molar-refractivity contribution in [3.05, 3.63) is 41.5 Å². The van der Waals surface area contributed by atoms with E-state index in [4.69, 9.17) is 0 Å². The highest BCUT2D eigenvalue weighted by atomic mass is 19.4. The van der Waals surface area contributed by atoms with Crippen molar-refractivity contribution in [2.45, 2.75) is 25.9 Å². The zero-order chi connectivity index (χ0) is 11.6. The van der Waals surface area contributed by atoms with Crippen LogP contribution in [-0.2, 0) is 6.18 Å². The quantitative estimate of drug-likeness (QED) is 0.681. The van der Waals surface area contributed by atoms with Crippen molar-refractivity contribution in [3.8, 4) is 0 Å². The Bertz CT molecular complexity index is 362. The highest BCUT2D eigenvalue weighted by Crippen LogP contribution is 2.35. The Morgan fingerprint density at radius 1 is 1.27 bits per heavy atom. The summed E-state index contributed by atoms with van der Waals surface area (Å²) >= 11 is 0. The van der Waals surface area contributed by atoms with Crippen molar-refractivity contribution in [1.82, 2.24) is 0 Å². The fourth-order valence-corrected chi connectivity index (χ4v) is 1.45. The first-order chi connectivity index (χ1) is 6.86. The highest BCUT2D eigenvalue weighted by Gasteiger charge is 2.33. The van der Waals surface area contributed by atoms with Gasteiger partial charge in [-0.05, 0) is 23.1 Å². The summed E-state index contributed by atoms with van der Waals surface area (Å²) < 4.78 is 38.1. The molecule has 0 aromatic heterocycles. The summed E-state index contributed by atoms with van der Waals surface area (Å²) in [6.07, 6.45) is -2.88. The molecule has 0 spiro atoms. The summed E-state index contributed by atoms with van der Waals surface area (Å²) in [5.41, 5.74) is 0.259. The minimum absolute atomic E-state index is 0.138. The van der Waals surface area contributed by atoms with E-state index in [9.17, 15) is 13.2 Å². The zero-order valence-electron chi connectivity index (χ0n) is 8.73. The second-order valence-electron chi connectivity index (χ2n) is 3.70. The number of alkyl halides is 3. The van der Waals surface area contributed by atoms with Gasteiger partial charge in [0.1, 0.15) is 0 Å². The Morgan fingerprint density at radius 2 is 1.87 bits per heavy atom. The summed E-state index contributed by atoms with van der Waals surface area (Å²) in [6, 6.07) is 4.31. The van der Waals surface area contributed by atoms with Gasteiger partial charge in [-0.1, -0.05) is 38.6 Å². The molecule has 0 radical (unpaired) electrons. The largest absolute Gasteiger partial charge is 0.416 e. The van der Waals surface area contributed by atoms with Crippen molar-refractivity contribution in [2.24, 2.45) is 0 Å². The molecule has 0 amide bonds. The van der Waals surface area contributed by atoms with E-state index in [2.05, 4.69) is 6.58 Å². The first kappa shape index (κ1) is 11.8. The van der Waals surface area contributed by atoms with Gasteiger partial charge in [0.25, 0.3) is 0 Å². The zero-order valence-corrected chi connectivity index (χ0v) is 8.73. The van der Waals surface area contributed by atoms with Crippen LogP contribution in [-0.4, -0.2) is 0 Å². The van der Waals surface area contributed by atoms with Crippen LogP contribution in [0.5, 0.6) is 0 Å². The van der Waals surface area contributed by atoms with Crippen LogP contribution in [0.1, 0.15) is 36.5 Å². The lowest BCUT2D eigenvalue weighted by Gasteiger charge is -2.16. The Morgan fingerprint density at radius 3 is 2.27 bits per heavy atom. The van der Waals surface area contributed by atoms with Crippen LogP contribution in [0.2, 0.25) is 0 Å². The monoisotopic (exact) mass is 214 g/mol. The molecule has 3 heteroatoms. The second-order valence-corrected chi connectivity index (χ2v) is 3.70. The molecule has 0 aliphatic heterocycles. The molecular weight excluding hydrogens is 201 g/mol. The number of hydrogen-bond donors (Lipinski definition) is 0. The highest BCUT2D eigenvalue weighted by molar-refractivity contribution is 5.51. The summed E-state index contributed by atoms with van der Waals surface area (Å²) in [6.45, 7) is 6.96. The molecule has 0 aliphatic carbocycles. The average Bonchev–Trinajstić information content (AvgIpc) is 2.15. The molecule has 1 aromatic carbocycles. The molecule has 0 aliphatic rings. The minimum Gasteiger partial charge on any atom is -0.166 e.